The van der Waals surface area contributed by atoms with Crippen molar-refractivity contribution in [2.75, 3.05) is 5.32 Å². The molecule has 1 aromatic carbocycles. The maximum absolute atomic E-state index is 11.3. The van der Waals surface area contributed by atoms with Gasteiger partial charge < -0.3 is 16.2 Å². The summed E-state index contributed by atoms with van der Waals surface area (Å²) in [6, 6.07) is 4.85. The topological polar surface area (TPSA) is 75.4 Å². The van der Waals surface area contributed by atoms with Gasteiger partial charge in [-0.05, 0) is 25.5 Å². The Morgan fingerprint density at radius 1 is 1.60 bits per heavy atom. The van der Waals surface area contributed by atoms with E-state index < -0.39 is 0 Å². The van der Waals surface area contributed by atoms with Crippen LogP contribution >= 0.6 is 0 Å². The summed E-state index contributed by atoms with van der Waals surface area (Å²) < 4.78 is 0. The molecule has 15 heavy (non-hydrogen) atoms. The summed E-state index contributed by atoms with van der Waals surface area (Å²) in [5.74, 6) is 0.0295. The molecule has 1 aromatic rings. The number of carbonyl (C=O) groups is 1. The number of rotatable bonds is 3. The first-order chi connectivity index (χ1) is 6.99. The van der Waals surface area contributed by atoms with Crippen molar-refractivity contribution < 1.29 is 9.90 Å². The highest BCUT2D eigenvalue weighted by atomic mass is 16.3. The van der Waals surface area contributed by atoms with E-state index in [1.165, 1.54) is 6.07 Å². The first-order valence-electron chi connectivity index (χ1n) is 4.84. The SMILES string of the molecule is Cc1ccc(NC(=O)CC(C)N)cc1O. The third kappa shape index (κ3) is 3.59. The lowest BCUT2D eigenvalue weighted by atomic mass is 10.2. The molecule has 0 fully saturated rings. The number of phenolic OH excluding ortho intramolecular Hbond substituents is 1. The lowest BCUT2D eigenvalue weighted by Gasteiger charge is -2.08. The zero-order chi connectivity index (χ0) is 11.4. The van der Waals surface area contributed by atoms with Crippen molar-refractivity contribution in [2.45, 2.75) is 26.3 Å². The molecule has 0 heterocycles. The van der Waals surface area contributed by atoms with Gasteiger partial charge in [0.25, 0.3) is 0 Å². The molecule has 0 aliphatic rings. The fourth-order valence-electron chi connectivity index (χ4n) is 1.19. The molecular formula is C11H16N2O2. The van der Waals surface area contributed by atoms with Gasteiger partial charge in [0.05, 0.1) is 0 Å². The van der Waals surface area contributed by atoms with E-state index in [2.05, 4.69) is 5.32 Å². The van der Waals surface area contributed by atoms with E-state index >= 15 is 0 Å². The van der Waals surface area contributed by atoms with Gasteiger partial charge in [-0.2, -0.15) is 0 Å². The van der Waals surface area contributed by atoms with Crippen molar-refractivity contribution >= 4 is 11.6 Å². The van der Waals surface area contributed by atoms with Crippen LogP contribution in [0.5, 0.6) is 5.75 Å². The first kappa shape index (κ1) is 11.5. The maximum atomic E-state index is 11.3. The molecule has 0 saturated heterocycles. The van der Waals surface area contributed by atoms with E-state index in [1.807, 2.05) is 0 Å². The van der Waals surface area contributed by atoms with Gasteiger partial charge in [-0.3, -0.25) is 4.79 Å². The molecule has 0 aliphatic carbocycles. The van der Waals surface area contributed by atoms with Crippen LogP contribution in [0.2, 0.25) is 0 Å². The van der Waals surface area contributed by atoms with Crippen molar-refractivity contribution in [3.05, 3.63) is 23.8 Å². The van der Waals surface area contributed by atoms with Gasteiger partial charge in [-0.1, -0.05) is 6.07 Å². The Labute approximate surface area is 89.1 Å². The van der Waals surface area contributed by atoms with Crippen molar-refractivity contribution in [1.29, 1.82) is 0 Å². The van der Waals surface area contributed by atoms with E-state index in [4.69, 9.17) is 5.73 Å². The van der Waals surface area contributed by atoms with Gasteiger partial charge in [-0.15, -0.1) is 0 Å². The number of anilines is 1. The Hall–Kier alpha value is -1.55. The summed E-state index contributed by atoms with van der Waals surface area (Å²) in [6.45, 7) is 3.56. The second-order valence-corrected chi connectivity index (χ2v) is 3.73. The van der Waals surface area contributed by atoms with Crippen LogP contribution < -0.4 is 11.1 Å². The molecule has 82 valence electrons. The van der Waals surface area contributed by atoms with Gasteiger partial charge in [0, 0.05) is 24.2 Å². The van der Waals surface area contributed by atoms with E-state index in [1.54, 1.807) is 26.0 Å². The molecule has 0 aliphatic heterocycles. The zero-order valence-electron chi connectivity index (χ0n) is 8.95. The fourth-order valence-corrected chi connectivity index (χ4v) is 1.19. The number of hydrogen-bond acceptors (Lipinski definition) is 3. The summed E-state index contributed by atoms with van der Waals surface area (Å²) in [6.07, 6.45) is 0.272. The Bertz CT molecular complexity index is 362. The fraction of sp³-hybridized carbons (Fsp3) is 0.364. The average Bonchev–Trinajstić information content (AvgIpc) is 2.10. The normalized spacial score (nSPS) is 12.2. The quantitative estimate of drug-likeness (QED) is 0.702. The number of amides is 1. The molecule has 4 N–H and O–H groups in total. The Kier molecular flexibility index (Phi) is 3.68. The molecule has 0 radical (unpaired) electrons. The molecular weight excluding hydrogens is 192 g/mol. The van der Waals surface area contributed by atoms with Gasteiger partial charge in [0.1, 0.15) is 5.75 Å². The van der Waals surface area contributed by atoms with Crippen LogP contribution in [0, 0.1) is 6.92 Å². The number of benzene rings is 1. The number of nitrogens with two attached hydrogens (primary N) is 1. The van der Waals surface area contributed by atoms with E-state index in [-0.39, 0.29) is 24.1 Å². The van der Waals surface area contributed by atoms with Gasteiger partial charge in [0.15, 0.2) is 0 Å². The highest BCUT2D eigenvalue weighted by Gasteiger charge is 2.06. The summed E-state index contributed by atoms with van der Waals surface area (Å²) in [4.78, 5) is 11.3. The number of nitrogens with one attached hydrogen (secondary N) is 1. The first-order valence-corrected chi connectivity index (χ1v) is 4.84. The lowest BCUT2D eigenvalue weighted by molar-refractivity contribution is -0.116. The Morgan fingerprint density at radius 2 is 2.27 bits per heavy atom. The van der Waals surface area contributed by atoms with Gasteiger partial charge >= 0.3 is 0 Å². The number of aryl methyl sites for hydroxylation is 1. The Balaban J connectivity index is 2.65. The average molecular weight is 208 g/mol. The highest BCUT2D eigenvalue weighted by molar-refractivity contribution is 5.91. The molecule has 4 nitrogen and oxygen atoms in total. The second kappa shape index (κ2) is 4.79. The molecule has 1 amide bonds. The zero-order valence-corrected chi connectivity index (χ0v) is 8.95. The monoisotopic (exact) mass is 208 g/mol. The van der Waals surface area contributed by atoms with Crippen molar-refractivity contribution in [3.8, 4) is 5.75 Å². The number of hydrogen-bond donors (Lipinski definition) is 3. The number of aromatic hydroxyl groups is 1. The van der Waals surface area contributed by atoms with Crippen LogP contribution in [0.25, 0.3) is 0 Å². The largest absolute Gasteiger partial charge is 0.508 e. The lowest BCUT2D eigenvalue weighted by Crippen LogP contribution is -2.23. The van der Waals surface area contributed by atoms with Crippen LogP contribution in [-0.4, -0.2) is 17.1 Å². The predicted octanol–water partition coefficient (Wildman–Crippen LogP) is 1.38. The molecule has 1 rings (SSSR count). The Morgan fingerprint density at radius 3 is 2.80 bits per heavy atom. The third-order valence-electron chi connectivity index (χ3n) is 2.00. The molecule has 0 spiro atoms. The molecule has 0 bridgehead atoms. The number of carbonyl (C=O) groups excluding carboxylic acids is 1. The third-order valence-corrected chi connectivity index (χ3v) is 2.00. The van der Waals surface area contributed by atoms with Crippen LogP contribution in [0.1, 0.15) is 18.9 Å². The number of phenols is 1. The molecule has 1 atom stereocenters. The molecule has 1 unspecified atom stereocenters. The van der Waals surface area contributed by atoms with E-state index in [0.29, 0.717) is 5.69 Å². The standard InChI is InChI=1S/C11H16N2O2/c1-7-3-4-9(6-10(7)14)13-11(15)5-8(2)12/h3-4,6,8,14H,5,12H2,1-2H3,(H,13,15). The van der Waals surface area contributed by atoms with Gasteiger partial charge in [0.2, 0.25) is 5.91 Å². The maximum Gasteiger partial charge on any atom is 0.225 e. The van der Waals surface area contributed by atoms with Crippen LogP contribution in [0.15, 0.2) is 18.2 Å². The minimum atomic E-state index is -0.163. The van der Waals surface area contributed by atoms with Crippen LogP contribution in [0.3, 0.4) is 0 Å². The van der Waals surface area contributed by atoms with Gasteiger partial charge in [-0.25, -0.2) is 0 Å². The second-order valence-electron chi connectivity index (χ2n) is 3.73. The highest BCUT2D eigenvalue weighted by Crippen LogP contribution is 2.20. The minimum absolute atomic E-state index is 0.145. The summed E-state index contributed by atoms with van der Waals surface area (Å²) >= 11 is 0. The van der Waals surface area contributed by atoms with E-state index in [0.717, 1.165) is 5.56 Å². The summed E-state index contributed by atoms with van der Waals surface area (Å²) in [5.41, 5.74) is 6.86. The smallest absolute Gasteiger partial charge is 0.225 e. The van der Waals surface area contributed by atoms with Crippen LogP contribution in [0.4, 0.5) is 5.69 Å². The molecule has 0 aromatic heterocycles. The van der Waals surface area contributed by atoms with Crippen molar-refractivity contribution in [2.24, 2.45) is 5.73 Å². The summed E-state index contributed by atoms with van der Waals surface area (Å²) in [5, 5.41) is 12.1. The molecule has 4 heteroatoms. The van der Waals surface area contributed by atoms with E-state index in [9.17, 15) is 9.90 Å². The van der Waals surface area contributed by atoms with Crippen molar-refractivity contribution in [3.63, 3.8) is 0 Å². The predicted molar refractivity (Wildman–Crippen MR) is 59.7 cm³/mol. The van der Waals surface area contributed by atoms with Crippen LogP contribution in [-0.2, 0) is 4.79 Å². The summed E-state index contributed by atoms with van der Waals surface area (Å²) in [7, 11) is 0. The minimum Gasteiger partial charge on any atom is -0.508 e. The van der Waals surface area contributed by atoms with Crippen molar-refractivity contribution in [1.82, 2.24) is 0 Å². The molecule has 0 saturated carbocycles.